The molecule has 1 aliphatic heterocycles. The molecule has 0 atom stereocenters. The minimum atomic E-state index is -3.25. The Morgan fingerprint density at radius 2 is 2.00 bits per heavy atom. The zero-order valence-electron chi connectivity index (χ0n) is 11.5. The summed E-state index contributed by atoms with van der Waals surface area (Å²) in [4.78, 5) is 22.5. The Bertz CT molecular complexity index is 382. The van der Waals surface area contributed by atoms with E-state index in [-0.39, 0.29) is 4.90 Å². The molecule has 11 heavy (non-hydrogen) atoms. The lowest BCUT2D eigenvalue weighted by atomic mass is 10.4. The molecule has 2 amide bonds. The quantitative estimate of drug-likeness (QED) is 0.553. The van der Waals surface area contributed by atoms with E-state index in [4.69, 9.17) is 14.0 Å². The number of carbonyl (C=O) groups is 2. The molecule has 0 aromatic rings. The van der Waals surface area contributed by atoms with Crippen molar-refractivity contribution in [3.8, 4) is 0 Å². The maximum absolute atomic E-state index is 11.3. The molecular weight excluding hydrogens is 144 g/mol. The summed E-state index contributed by atoms with van der Waals surface area (Å²) in [5.41, 5.74) is 4.91. The van der Waals surface area contributed by atoms with Crippen LogP contribution in [0.2, 0.25) is 0 Å². The Balaban J connectivity index is 3.20. The maximum Gasteiger partial charge on any atom is 0.253 e. The number of imide groups is 1. The summed E-state index contributed by atoms with van der Waals surface area (Å²) in [6.07, 6.45) is -1.69. The molecule has 4 nitrogen and oxygen atoms in total. The van der Waals surface area contributed by atoms with Crippen LogP contribution in [0.1, 0.15) is 14.6 Å². The van der Waals surface area contributed by atoms with Gasteiger partial charge < -0.3 is 5.73 Å². The molecule has 0 aromatic carbocycles. The first-order valence-corrected chi connectivity index (χ1v) is 2.78. The van der Waals surface area contributed by atoms with E-state index in [1.165, 1.54) is 0 Å². The van der Waals surface area contributed by atoms with Gasteiger partial charge in [-0.3, -0.25) is 14.5 Å². The zero-order valence-corrected chi connectivity index (χ0v) is 5.50. The Kier molecular flexibility index (Phi) is 0.918. The van der Waals surface area contributed by atoms with Gasteiger partial charge in [-0.15, -0.1) is 0 Å². The predicted octanol–water partition coefficient (Wildman–Crippen LogP) is -0.740. The Hall–Kier alpha value is -1.16. The van der Waals surface area contributed by atoms with Gasteiger partial charge in [-0.25, -0.2) is 0 Å². The fourth-order valence-corrected chi connectivity index (χ4v) is 0.599. The zero-order chi connectivity index (χ0) is 13.6. The summed E-state index contributed by atoms with van der Waals surface area (Å²) in [5, 5.41) is 0. The summed E-state index contributed by atoms with van der Waals surface area (Å²) < 4.78 is 43.7. The molecule has 0 bridgehead atoms. The third-order valence-electron chi connectivity index (χ3n) is 1.05. The monoisotopic (exact) mass is 160 g/mol. The smallest absolute Gasteiger partial charge is 0.253 e. The molecule has 4 heteroatoms. The standard InChI is InChI=1S/C7H10N2O2/c8-4-1-5-9-6(10)2-3-7(9)11/h2-3H,1,4-5,8H2/i1D2,4D2,5D2. The van der Waals surface area contributed by atoms with Crippen LogP contribution in [0.15, 0.2) is 12.2 Å². The summed E-state index contributed by atoms with van der Waals surface area (Å²) in [7, 11) is 0. The van der Waals surface area contributed by atoms with Gasteiger partial charge in [-0.05, 0) is 12.9 Å². The van der Waals surface area contributed by atoms with E-state index in [0.29, 0.717) is 0 Å². The second-order valence-electron chi connectivity index (χ2n) is 1.73. The number of amides is 2. The lowest BCUT2D eigenvalue weighted by Gasteiger charge is -2.11. The predicted molar refractivity (Wildman–Crippen MR) is 39.5 cm³/mol. The normalized spacial score (nSPS) is 28.6. The molecule has 0 fully saturated rings. The SMILES string of the molecule is [2H]C([2H])(N)C([2H])([2H])C([2H])([2H])N1C(=O)C=CC1=O. The molecule has 1 rings (SSSR count). The lowest BCUT2D eigenvalue weighted by molar-refractivity contribution is -0.136. The number of rotatable bonds is 3. The minimum Gasteiger partial charge on any atom is -0.330 e. The van der Waals surface area contributed by atoms with Crippen LogP contribution in [0.3, 0.4) is 0 Å². The van der Waals surface area contributed by atoms with Crippen LogP contribution in [-0.4, -0.2) is 29.7 Å². The van der Waals surface area contributed by atoms with Crippen molar-refractivity contribution in [2.45, 2.75) is 6.37 Å². The minimum absolute atomic E-state index is 0.0116. The van der Waals surface area contributed by atoms with Gasteiger partial charge in [-0.1, -0.05) is 0 Å². The van der Waals surface area contributed by atoms with Crippen molar-refractivity contribution in [1.82, 2.24) is 4.90 Å². The molecule has 60 valence electrons. The van der Waals surface area contributed by atoms with Crippen molar-refractivity contribution in [1.29, 1.82) is 0 Å². The highest BCUT2D eigenvalue weighted by atomic mass is 16.2. The maximum atomic E-state index is 11.3. The Labute approximate surface area is 73.1 Å². The fraction of sp³-hybridized carbons (Fsp3) is 0.429. The second-order valence-corrected chi connectivity index (χ2v) is 1.73. The summed E-state index contributed by atoms with van der Waals surface area (Å²) in [5.74, 6) is -2.10. The van der Waals surface area contributed by atoms with E-state index in [1.807, 2.05) is 0 Å². The van der Waals surface area contributed by atoms with Crippen molar-refractivity contribution >= 4 is 11.8 Å². The van der Waals surface area contributed by atoms with Crippen LogP contribution >= 0.6 is 0 Å². The van der Waals surface area contributed by atoms with Gasteiger partial charge in [0.25, 0.3) is 11.8 Å². The molecule has 0 saturated carbocycles. The van der Waals surface area contributed by atoms with Crippen molar-refractivity contribution in [2.24, 2.45) is 5.73 Å². The molecule has 0 unspecified atom stereocenters. The highest BCUT2D eigenvalue weighted by molar-refractivity contribution is 6.12. The molecule has 1 aliphatic rings. The average Bonchev–Trinajstić information content (AvgIpc) is 2.44. The van der Waals surface area contributed by atoms with Crippen molar-refractivity contribution in [2.75, 3.05) is 13.0 Å². The van der Waals surface area contributed by atoms with Gasteiger partial charge in [0.05, 0.1) is 2.74 Å². The average molecular weight is 160 g/mol. The van der Waals surface area contributed by atoms with E-state index in [0.717, 1.165) is 12.2 Å². The van der Waals surface area contributed by atoms with Crippen LogP contribution in [0.4, 0.5) is 0 Å². The molecule has 0 radical (unpaired) electrons. The van der Waals surface area contributed by atoms with Gasteiger partial charge >= 0.3 is 0 Å². The van der Waals surface area contributed by atoms with E-state index < -0.39 is 31.2 Å². The van der Waals surface area contributed by atoms with Crippen molar-refractivity contribution < 1.29 is 17.8 Å². The first kappa shape index (κ1) is 3.06. The van der Waals surface area contributed by atoms with E-state index in [2.05, 4.69) is 0 Å². The number of nitrogens with zero attached hydrogens (tertiary/aromatic N) is 1. The van der Waals surface area contributed by atoms with Crippen molar-refractivity contribution in [3.63, 3.8) is 0 Å². The largest absolute Gasteiger partial charge is 0.330 e. The highest BCUT2D eigenvalue weighted by Crippen LogP contribution is 2.02. The van der Waals surface area contributed by atoms with Gasteiger partial charge in [0, 0.05) is 24.1 Å². The molecule has 2 N–H and O–H groups in total. The number of hydrogen-bond acceptors (Lipinski definition) is 3. The van der Waals surface area contributed by atoms with Crippen LogP contribution < -0.4 is 5.73 Å². The van der Waals surface area contributed by atoms with Gasteiger partial charge in [0.2, 0.25) is 0 Å². The molecule has 1 heterocycles. The molecule has 0 saturated heterocycles. The van der Waals surface area contributed by atoms with Crippen LogP contribution in [0.25, 0.3) is 0 Å². The molecule has 0 spiro atoms. The van der Waals surface area contributed by atoms with Crippen LogP contribution in [0.5, 0.6) is 0 Å². The Morgan fingerprint density at radius 1 is 1.45 bits per heavy atom. The third kappa shape index (κ3) is 1.65. The van der Waals surface area contributed by atoms with Gasteiger partial charge in [-0.2, -0.15) is 0 Å². The van der Waals surface area contributed by atoms with Crippen LogP contribution in [0, 0.1) is 0 Å². The van der Waals surface area contributed by atoms with E-state index >= 15 is 0 Å². The number of hydrogen-bond donors (Lipinski definition) is 1. The van der Waals surface area contributed by atoms with Crippen LogP contribution in [-0.2, 0) is 9.59 Å². The highest BCUT2D eigenvalue weighted by Gasteiger charge is 2.21. The van der Waals surface area contributed by atoms with Gasteiger partial charge in [0.15, 0.2) is 0 Å². The summed E-state index contributed by atoms with van der Waals surface area (Å²) >= 11 is 0. The lowest BCUT2D eigenvalue weighted by Crippen LogP contribution is -2.31. The topological polar surface area (TPSA) is 63.4 Å². The molecular formula is C7H10N2O2. The molecule has 0 aliphatic carbocycles. The number of carbonyl (C=O) groups excluding carboxylic acids is 2. The van der Waals surface area contributed by atoms with E-state index in [1.54, 1.807) is 0 Å². The third-order valence-corrected chi connectivity index (χ3v) is 1.05. The summed E-state index contributed by atoms with van der Waals surface area (Å²) in [6, 6.07) is 0. The molecule has 0 aromatic heterocycles. The summed E-state index contributed by atoms with van der Waals surface area (Å²) in [6.45, 7) is -6.25. The Morgan fingerprint density at radius 3 is 2.45 bits per heavy atom. The first-order chi connectivity index (χ1) is 7.43. The fourth-order valence-electron chi connectivity index (χ4n) is 0.599. The number of nitrogens with two attached hydrogens (primary N) is 1. The van der Waals surface area contributed by atoms with Crippen molar-refractivity contribution in [3.05, 3.63) is 12.2 Å². The van der Waals surface area contributed by atoms with Gasteiger partial charge in [0.1, 0.15) is 0 Å². The second kappa shape index (κ2) is 3.30. The first-order valence-electron chi connectivity index (χ1n) is 5.78. The van der Waals surface area contributed by atoms with E-state index in [9.17, 15) is 9.59 Å².